The van der Waals surface area contributed by atoms with Crippen LogP contribution >= 0.6 is 0 Å². The van der Waals surface area contributed by atoms with Crippen molar-refractivity contribution in [1.82, 2.24) is 20.4 Å². The molecule has 26 heavy (non-hydrogen) atoms. The number of pyridine rings is 1. The van der Waals surface area contributed by atoms with Gasteiger partial charge in [-0.05, 0) is 51.7 Å². The molecule has 0 spiro atoms. The molecule has 2 aliphatic rings. The largest absolute Gasteiger partial charge is 0.356 e. The van der Waals surface area contributed by atoms with E-state index < -0.39 is 0 Å². The quantitative estimate of drug-likeness (QED) is 0.903. The number of nitrogens with one attached hydrogen (secondary N) is 1. The average molecular weight is 355 g/mol. The Kier molecular flexibility index (Phi) is 5.20. The van der Waals surface area contributed by atoms with Crippen molar-refractivity contribution < 1.29 is 4.52 Å². The van der Waals surface area contributed by atoms with Gasteiger partial charge in [0.25, 0.3) is 5.89 Å². The van der Waals surface area contributed by atoms with Crippen molar-refractivity contribution in [2.75, 3.05) is 18.0 Å². The van der Waals surface area contributed by atoms with Crippen LogP contribution in [0.25, 0.3) is 11.5 Å². The van der Waals surface area contributed by atoms with E-state index in [1.165, 1.54) is 32.1 Å². The van der Waals surface area contributed by atoms with E-state index in [-0.39, 0.29) is 0 Å². The minimum Gasteiger partial charge on any atom is -0.356 e. The third kappa shape index (κ3) is 3.90. The molecule has 3 heterocycles. The number of nitrogens with zero attached hydrogens (tertiary/aromatic N) is 4. The second-order valence-electron chi connectivity index (χ2n) is 7.73. The summed E-state index contributed by atoms with van der Waals surface area (Å²) < 4.78 is 5.40. The number of aryl methyl sites for hydroxylation is 2. The molecular weight excluding hydrogens is 326 g/mol. The molecule has 0 aromatic carbocycles. The minimum atomic E-state index is 0.562. The fourth-order valence-corrected chi connectivity index (χ4v) is 4.22. The molecular formula is C20H29N5O. The summed E-state index contributed by atoms with van der Waals surface area (Å²) in [4.78, 5) is 11.6. The van der Waals surface area contributed by atoms with Crippen molar-refractivity contribution in [2.24, 2.45) is 0 Å². The molecule has 2 fully saturated rings. The predicted molar refractivity (Wildman–Crippen MR) is 102 cm³/mol. The molecule has 6 nitrogen and oxygen atoms in total. The Bertz CT molecular complexity index is 730. The number of aromatic nitrogens is 3. The minimum absolute atomic E-state index is 0.562. The summed E-state index contributed by atoms with van der Waals surface area (Å²) in [5.41, 5.74) is 1.96. The fourth-order valence-electron chi connectivity index (χ4n) is 4.22. The molecule has 0 bridgehead atoms. The lowest BCUT2D eigenvalue weighted by Gasteiger charge is -2.36. The molecule has 0 unspecified atom stereocenters. The van der Waals surface area contributed by atoms with Crippen LogP contribution in [0.3, 0.4) is 0 Å². The summed E-state index contributed by atoms with van der Waals surface area (Å²) in [7, 11) is 0. The van der Waals surface area contributed by atoms with Crippen molar-refractivity contribution in [3.63, 3.8) is 0 Å². The number of piperidine rings is 1. The van der Waals surface area contributed by atoms with Crippen LogP contribution in [0.2, 0.25) is 0 Å². The van der Waals surface area contributed by atoms with Crippen LogP contribution in [-0.2, 0) is 0 Å². The molecule has 6 heteroatoms. The lowest BCUT2D eigenvalue weighted by molar-refractivity contribution is 0.307. The first kappa shape index (κ1) is 17.5. The van der Waals surface area contributed by atoms with Crippen molar-refractivity contribution in [3.8, 4) is 11.5 Å². The number of hydrogen-bond acceptors (Lipinski definition) is 6. The van der Waals surface area contributed by atoms with Gasteiger partial charge in [0.2, 0.25) is 0 Å². The van der Waals surface area contributed by atoms with Crippen LogP contribution in [0.1, 0.15) is 56.5 Å². The van der Waals surface area contributed by atoms with Gasteiger partial charge in [0.1, 0.15) is 5.82 Å². The molecule has 0 amide bonds. The van der Waals surface area contributed by atoms with Gasteiger partial charge in [0, 0.05) is 30.9 Å². The van der Waals surface area contributed by atoms with E-state index in [1.54, 1.807) is 0 Å². The van der Waals surface area contributed by atoms with E-state index in [9.17, 15) is 0 Å². The highest BCUT2D eigenvalue weighted by molar-refractivity contribution is 5.70. The Labute approximate surface area is 155 Å². The molecule has 0 atom stereocenters. The van der Waals surface area contributed by atoms with Crippen LogP contribution in [-0.4, -0.2) is 40.3 Å². The molecule has 1 aliphatic heterocycles. The van der Waals surface area contributed by atoms with Gasteiger partial charge in [0.15, 0.2) is 5.82 Å². The summed E-state index contributed by atoms with van der Waals surface area (Å²) in [6.07, 6.45) is 9.20. The van der Waals surface area contributed by atoms with Crippen LogP contribution < -0.4 is 10.2 Å². The maximum absolute atomic E-state index is 5.40. The van der Waals surface area contributed by atoms with Gasteiger partial charge in [-0.3, -0.25) is 0 Å². The van der Waals surface area contributed by atoms with E-state index >= 15 is 0 Å². The van der Waals surface area contributed by atoms with E-state index in [1.807, 2.05) is 19.9 Å². The molecule has 1 saturated heterocycles. The Morgan fingerprint density at radius 1 is 0.962 bits per heavy atom. The van der Waals surface area contributed by atoms with Gasteiger partial charge >= 0.3 is 0 Å². The second-order valence-corrected chi connectivity index (χ2v) is 7.73. The highest BCUT2D eigenvalue weighted by atomic mass is 16.5. The van der Waals surface area contributed by atoms with E-state index in [0.717, 1.165) is 49.0 Å². The smallest absolute Gasteiger partial charge is 0.261 e. The van der Waals surface area contributed by atoms with Crippen molar-refractivity contribution >= 4 is 5.82 Å². The predicted octanol–water partition coefficient (Wildman–Crippen LogP) is 3.64. The highest BCUT2D eigenvalue weighted by Gasteiger charge is 2.26. The topological polar surface area (TPSA) is 67.1 Å². The Hall–Kier alpha value is -1.95. The number of hydrogen-bond donors (Lipinski definition) is 1. The first-order chi connectivity index (χ1) is 12.7. The number of anilines is 1. The fraction of sp³-hybridized carbons (Fsp3) is 0.650. The first-order valence-corrected chi connectivity index (χ1v) is 9.98. The summed E-state index contributed by atoms with van der Waals surface area (Å²) in [6.45, 7) is 5.91. The van der Waals surface area contributed by atoms with Crippen LogP contribution in [0, 0.1) is 13.8 Å². The third-order valence-corrected chi connectivity index (χ3v) is 5.64. The summed E-state index contributed by atoms with van der Waals surface area (Å²) in [6, 6.07) is 5.43. The van der Waals surface area contributed by atoms with Gasteiger partial charge in [-0.1, -0.05) is 24.4 Å². The Morgan fingerprint density at radius 2 is 1.69 bits per heavy atom. The van der Waals surface area contributed by atoms with Crippen LogP contribution in [0.5, 0.6) is 0 Å². The SMILES string of the molecule is Cc1ccc(-c2nc(C)no2)c(N2CCC(NC3CCCCC3)CC2)n1. The zero-order valence-electron chi connectivity index (χ0n) is 15.9. The van der Waals surface area contributed by atoms with E-state index in [0.29, 0.717) is 17.8 Å². The van der Waals surface area contributed by atoms with Crippen LogP contribution in [0.15, 0.2) is 16.7 Å². The van der Waals surface area contributed by atoms with Gasteiger partial charge in [-0.15, -0.1) is 0 Å². The third-order valence-electron chi connectivity index (χ3n) is 5.64. The first-order valence-electron chi connectivity index (χ1n) is 9.98. The number of rotatable bonds is 4. The monoisotopic (exact) mass is 355 g/mol. The maximum atomic E-state index is 5.40. The van der Waals surface area contributed by atoms with Crippen molar-refractivity contribution in [2.45, 2.75) is 70.9 Å². The van der Waals surface area contributed by atoms with Gasteiger partial charge < -0.3 is 14.7 Å². The summed E-state index contributed by atoms with van der Waals surface area (Å²) in [5.74, 6) is 2.19. The zero-order valence-corrected chi connectivity index (χ0v) is 15.9. The van der Waals surface area contributed by atoms with E-state index in [2.05, 4.69) is 26.4 Å². The molecule has 2 aromatic rings. The lowest BCUT2D eigenvalue weighted by atomic mass is 9.93. The van der Waals surface area contributed by atoms with Gasteiger partial charge in [-0.2, -0.15) is 4.98 Å². The Morgan fingerprint density at radius 3 is 2.38 bits per heavy atom. The van der Waals surface area contributed by atoms with Crippen molar-refractivity contribution in [3.05, 3.63) is 23.7 Å². The molecule has 1 N–H and O–H groups in total. The average Bonchev–Trinajstić information content (AvgIpc) is 3.09. The van der Waals surface area contributed by atoms with E-state index in [4.69, 9.17) is 9.51 Å². The van der Waals surface area contributed by atoms with Gasteiger partial charge in [-0.25, -0.2) is 4.98 Å². The maximum Gasteiger partial charge on any atom is 0.261 e. The summed E-state index contributed by atoms with van der Waals surface area (Å²) in [5, 5.41) is 7.84. The second kappa shape index (κ2) is 7.74. The summed E-state index contributed by atoms with van der Waals surface area (Å²) >= 11 is 0. The highest BCUT2D eigenvalue weighted by Crippen LogP contribution is 2.30. The molecule has 2 aromatic heterocycles. The molecule has 1 aliphatic carbocycles. The molecule has 4 rings (SSSR count). The van der Waals surface area contributed by atoms with Crippen molar-refractivity contribution in [1.29, 1.82) is 0 Å². The molecule has 140 valence electrons. The molecule has 0 radical (unpaired) electrons. The normalized spacial score (nSPS) is 19.8. The van der Waals surface area contributed by atoms with Gasteiger partial charge in [0.05, 0.1) is 5.56 Å². The molecule has 1 saturated carbocycles. The Balaban J connectivity index is 1.44. The lowest BCUT2D eigenvalue weighted by Crippen LogP contribution is -2.47. The standard InChI is InChI=1S/C20H29N5O/c1-14-8-9-18(20-22-15(2)24-26-20)19(21-14)25-12-10-17(11-13-25)23-16-6-4-3-5-7-16/h8-9,16-17,23H,3-7,10-13H2,1-2H3. The van der Waals surface area contributed by atoms with Crippen LogP contribution in [0.4, 0.5) is 5.82 Å². The zero-order chi connectivity index (χ0) is 17.9.